The lowest BCUT2D eigenvalue weighted by Crippen LogP contribution is -2.49. The first-order valence-electron chi connectivity index (χ1n) is 6.54. The highest BCUT2D eigenvalue weighted by Gasteiger charge is 2.40. The maximum absolute atomic E-state index is 11.9. The molecule has 0 aromatic carbocycles. The quantitative estimate of drug-likeness (QED) is 0.859. The van der Waals surface area contributed by atoms with Crippen LogP contribution in [0, 0.1) is 0 Å². The maximum Gasteiger partial charge on any atom is 0.411 e. The fraction of sp³-hybridized carbons (Fsp3) is 0.917. The third-order valence-electron chi connectivity index (χ3n) is 3.42. The predicted molar refractivity (Wildman–Crippen MR) is 68.7 cm³/mol. The van der Waals surface area contributed by atoms with Crippen LogP contribution in [0.2, 0.25) is 0 Å². The van der Waals surface area contributed by atoms with Crippen molar-refractivity contribution in [1.29, 1.82) is 0 Å². The third kappa shape index (κ3) is 4.82. The fourth-order valence-corrected chi connectivity index (χ4v) is 3.92. The summed E-state index contributed by atoms with van der Waals surface area (Å²) in [4.78, 5) is 11.6. The average Bonchev–Trinajstić information content (AvgIpc) is 2.75. The molecule has 2 rings (SSSR count). The summed E-state index contributed by atoms with van der Waals surface area (Å²) in [5, 5.41) is 2.74. The van der Waals surface area contributed by atoms with Crippen LogP contribution in [0.5, 0.6) is 0 Å². The highest BCUT2D eigenvalue weighted by molar-refractivity contribution is 7.99. The topological polar surface area (TPSA) is 47.6 Å². The summed E-state index contributed by atoms with van der Waals surface area (Å²) in [6.07, 6.45) is -2.01. The van der Waals surface area contributed by atoms with E-state index in [1.807, 2.05) is 11.8 Å². The van der Waals surface area contributed by atoms with Crippen LogP contribution in [-0.2, 0) is 14.3 Å². The Morgan fingerprint density at radius 1 is 1.50 bits per heavy atom. The second-order valence-electron chi connectivity index (χ2n) is 5.20. The Kier molecular flexibility index (Phi) is 5.19. The molecule has 2 atom stereocenters. The minimum absolute atomic E-state index is 0.0376. The van der Waals surface area contributed by atoms with E-state index >= 15 is 0 Å². The Hall–Kier alpha value is -0.470. The molecule has 0 aliphatic carbocycles. The lowest BCUT2D eigenvalue weighted by Gasteiger charge is -2.38. The standard InChI is InChI=1S/C12H18F3NO3S/c13-12(14,15)7-18-6-10(17)16-9-1-3-19-11(5-9)2-4-20-8-11/h9H,1-8H2,(H,16,17)/t9-,11-/m0/s1. The van der Waals surface area contributed by atoms with Crippen LogP contribution in [0.15, 0.2) is 0 Å². The van der Waals surface area contributed by atoms with Gasteiger partial charge in [0.25, 0.3) is 0 Å². The van der Waals surface area contributed by atoms with Crippen molar-refractivity contribution in [3.05, 3.63) is 0 Å². The lowest BCUT2D eigenvalue weighted by molar-refractivity contribution is -0.176. The predicted octanol–water partition coefficient (Wildman–Crippen LogP) is 1.74. The first-order valence-corrected chi connectivity index (χ1v) is 7.70. The molecule has 0 aromatic rings. The first kappa shape index (κ1) is 15.9. The molecule has 116 valence electrons. The van der Waals surface area contributed by atoms with Gasteiger partial charge in [-0.2, -0.15) is 24.9 Å². The molecule has 1 N–H and O–H groups in total. The number of halogens is 3. The molecule has 0 radical (unpaired) electrons. The fourth-order valence-electron chi connectivity index (χ4n) is 2.54. The smallest absolute Gasteiger partial charge is 0.374 e. The number of hydrogen-bond acceptors (Lipinski definition) is 4. The molecule has 1 amide bonds. The van der Waals surface area contributed by atoms with Crippen molar-refractivity contribution >= 4 is 17.7 Å². The Labute approximate surface area is 119 Å². The van der Waals surface area contributed by atoms with Gasteiger partial charge in [0.05, 0.1) is 5.60 Å². The molecule has 0 bridgehead atoms. The molecule has 2 fully saturated rings. The molecule has 4 nitrogen and oxygen atoms in total. The van der Waals surface area contributed by atoms with E-state index in [4.69, 9.17) is 4.74 Å². The van der Waals surface area contributed by atoms with Crippen molar-refractivity contribution in [2.75, 3.05) is 31.3 Å². The molecular weight excluding hydrogens is 295 g/mol. The molecule has 20 heavy (non-hydrogen) atoms. The minimum atomic E-state index is -4.40. The lowest BCUT2D eigenvalue weighted by atomic mass is 9.90. The van der Waals surface area contributed by atoms with Crippen molar-refractivity contribution in [2.24, 2.45) is 0 Å². The largest absolute Gasteiger partial charge is 0.411 e. The normalized spacial score (nSPS) is 30.6. The van der Waals surface area contributed by atoms with Crippen LogP contribution in [0.1, 0.15) is 19.3 Å². The third-order valence-corrected chi connectivity index (χ3v) is 4.65. The molecule has 0 aromatic heterocycles. The monoisotopic (exact) mass is 313 g/mol. The molecular formula is C12H18F3NO3S. The zero-order valence-corrected chi connectivity index (χ0v) is 11.8. The van der Waals surface area contributed by atoms with E-state index in [0.29, 0.717) is 13.0 Å². The van der Waals surface area contributed by atoms with Gasteiger partial charge in [-0.25, -0.2) is 0 Å². The first-order chi connectivity index (χ1) is 9.39. The van der Waals surface area contributed by atoms with Crippen LogP contribution < -0.4 is 5.32 Å². The summed E-state index contributed by atoms with van der Waals surface area (Å²) < 4.78 is 45.8. The van der Waals surface area contributed by atoms with Crippen LogP contribution in [-0.4, -0.2) is 55.1 Å². The number of rotatable bonds is 4. The second kappa shape index (κ2) is 6.53. The Balaban J connectivity index is 1.71. The molecule has 2 saturated heterocycles. The summed E-state index contributed by atoms with van der Waals surface area (Å²) in [5.74, 6) is 1.47. The summed E-state index contributed by atoms with van der Waals surface area (Å²) in [7, 11) is 0. The van der Waals surface area contributed by atoms with E-state index in [1.54, 1.807) is 0 Å². The number of alkyl halides is 3. The van der Waals surface area contributed by atoms with Crippen molar-refractivity contribution in [3.63, 3.8) is 0 Å². The van der Waals surface area contributed by atoms with E-state index in [-0.39, 0.29) is 11.6 Å². The zero-order chi connectivity index (χ0) is 14.6. The zero-order valence-electron chi connectivity index (χ0n) is 11.0. The number of carbonyl (C=O) groups is 1. The van der Waals surface area contributed by atoms with Gasteiger partial charge in [0.1, 0.15) is 13.2 Å². The van der Waals surface area contributed by atoms with Gasteiger partial charge in [0.2, 0.25) is 5.91 Å². The van der Waals surface area contributed by atoms with Gasteiger partial charge in [0.15, 0.2) is 0 Å². The van der Waals surface area contributed by atoms with Gasteiger partial charge in [-0.05, 0) is 25.0 Å². The summed E-state index contributed by atoms with van der Waals surface area (Å²) in [5.41, 5.74) is -0.159. The van der Waals surface area contributed by atoms with Gasteiger partial charge >= 0.3 is 6.18 Å². The summed E-state index contributed by atoms with van der Waals surface area (Å²) in [6.45, 7) is -1.37. The Morgan fingerprint density at radius 3 is 2.95 bits per heavy atom. The Bertz CT molecular complexity index is 345. The van der Waals surface area contributed by atoms with E-state index in [1.165, 1.54) is 0 Å². The highest BCUT2D eigenvalue weighted by Crippen LogP contribution is 2.38. The minimum Gasteiger partial charge on any atom is -0.374 e. The van der Waals surface area contributed by atoms with E-state index < -0.39 is 25.3 Å². The summed E-state index contributed by atoms with van der Waals surface area (Å²) >= 11 is 1.83. The molecule has 8 heteroatoms. The van der Waals surface area contributed by atoms with Crippen molar-refractivity contribution in [2.45, 2.75) is 37.1 Å². The van der Waals surface area contributed by atoms with Crippen LogP contribution in [0.4, 0.5) is 13.2 Å². The van der Waals surface area contributed by atoms with E-state index in [2.05, 4.69) is 10.1 Å². The van der Waals surface area contributed by atoms with Gasteiger partial charge < -0.3 is 14.8 Å². The molecule has 1 spiro atoms. The van der Waals surface area contributed by atoms with Gasteiger partial charge in [-0.3, -0.25) is 4.79 Å². The van der Waals surface area contributed by atoms with Crippen LogP contribution in [0.3, 0.4) is 0 Å². The van der Waals surface area contributed by atoms with Gasteiger partial charge in [-0.15, -0.1) is 0 Å². The van der Waals surface area contributed by atoms with E-state index in [9.17, 15) is 18.0 Å². The van der Waals surface area contributed by atoms with Crippen molar-refractivity contribution in [1.82, 2.24) is 5.32 Å². The number of ether oxygens (including phenoxy) is 2. The van der Waals surface area contributed by atoms with Crippen LogP contribution in [0.25, 0.3) is 0 Å². The molecule has 2 aliphatic heterocycles. The number of hydrogen-bond donors (Lipinski definition) is 1. The number of nitrogens with one attached hydrogen (secondary N) is 1. The van der Waals surface area contributed by atoms with Crippen LogP contribution >= 0.6 is 11.8 Å². The van der Waals surface area contributed by atoms with Crippen molar-refractivity contribution < 1.29 is 27.4 Å². The second-order valence-corrected chi connectivity index (χ2v) is 6.30. The SMILES string of the molecule is O=C(COCC(F)(F)F)N[C@H]1CCO[C@@]2(CCSC2)C1. The number of carbonyl (C=O) groups excluding carboxylic acids is 1. The van der Waals surface area contributed by atoms with E-state index in [0.717, 1.165) is 24.3 Å². The average molecular weight is 313 g/mol. The number of thioether (sulfide) groups is 1. The van der Waals surface area contributed by atoms with Crippen molar-refractivity contribution in [3.8, 4) is 0 Å². The highest BCUT2D eigenvalue weighted by atomic mass is 32.2. The summed E-state index contributed by atoms with van der Waals surface area (Å²) in [6, 6.07) is -0.0376. The maximum atomic E-state index is 11.9. The van der Waals surface area contributed by atoms with Gasteiger partial charge in [-0.1, -0.05) is 0 Å². The Morgan fingerprint density at radius 2 is 2.30 bits per heavy atom. The molecule has 0 saturated carbocycles. The molecule has 0 unspecified atom stereocenters. The molecule has 2 aliphatic rings. The molecule has 2 heterocycles. The number of amides is 1. The van der Waals surface area contributed by atoms with Gasteiger partial charge in [0, 0.05) is 18.4 Å².